The summed E-state index contributed by atoms with van der Waals surface area (Å²) in [6, 6.07) is 15.1. The first-order valence-corrected chi connectivity index (χ1v) is 6.89. The van der Waals surface area contributed by atoms with Crippen molar-refractivity contribution in [3.8, 4) is 0 Å². The molecule has 0 bridgehead atoms. The molecule has 0 fully saturated rings. The highest BCUT2D eigenvalue weighted by molar-refractivity contribution is 14.1. The smallest absolute Gasteiger partial charge is 0.341 e. The van der Waals surface area contributed by atoms with Crippen molar-refractivity contribution in [2.24, 2.45) is 0 Å². The second-order valence-corrected chi connectivity index (χ2v) is 5.51. The molecule has 19 heavy (non-hydrogen) atoms. The number of ether oxygens (including phenoxy) is 2. The number of cyclic esters (lactones) is 1. The third-order valence-electron chi connectivity index (χ3n) is 3.25. The Kier molecular flexibility index (Phi) is 3.06. The predicted octanol–water partition coefficient (Wildman–Crippen LogP) is 3.31. The normalized spacial score (nSPS) is 21.1. The number of fused-ring (bicyclic) bond motifs is 1. The Balaban J connectivity index is 2.21. The van der Waals surface area contributed by atoms with E-state index in [9.17, 15) is 4.79 Å². The summed E-state index contributed by atoms with van der Waals surface area (Å²) in [4.78, 5) is 12.0. The van der Waals surface area contributed by atoms with E-state index in [1.165, 1.54) is 0 Å². The number of carbonyl (C=O) groups excluding carboxylic acids is 1. The number of methoxy groups -OCH3 is 1. The van der Waals surface area contributed by atoms with Crippen molar-refractivity contribution in [2.45, 2.75) is 5.79 Å². The van der Waals surface area contributed by atoms with Gasteiger partial charge in [-0.1, -0.05) is 30.3 Å². The molecule has 0 aliphatic carbocycles. The minimum Gasteiger partial charge on any atom is -0.420 e. The van der Waals surface area contributed by atoms with Crippen molar-refractivity contribution in [3.05, 3.63) is 68.8 Å². The molecule has 0 saturated carbocycles. The molecular weight excluding hydrogens is 355 g/mol. The molecule has 0 amide bonds. The van der Waals surface area contributed by atoms with Crippen LogP contribution in [0.15, 0.2) is 48.5 Å². The van der Waals surface area contributed by atoms with Crippen LogP contribution >= 0.6 is 22.6 Å². The van der Waals surface area contributed by atoms with Gasteiger partial charge in [0.15, 0.2) is 0 Å². The van der Waals surface area contributed by atoms with Crippen molar-refractivity contribution in [2.75, 3.05) is 7.11 Å². The third kappa shape index (κ3) is 1.86. The molecule has 0 spiro atoms. The molecule has 0 saturated heterocycles. The summed E-state index contributed by atoms with van der Waals surface area (Å²) in [5.41, 5.74) is 2.13. The van der Waals surface area contributed by atoms with Crippen molar-refractivity contribution >= 4 is 28.6 Å². The summed E-state index contributed by atoms with van der Waals surface area (Å²) in [5, 5.41) is 0. The van der Waals surface area contributed by atoms with Crippen LogP contribution < -0.4 is 0 Å². The number of hydrogen-bond acceptors (Lipinski definition) is 3. The Labute approximate surface area is 124 Å². The summed E-state index contributed by atoms with van der Waals surface area (Å²) in [6.07, 6.45) is 0. The van der Waals surface area contributed by atoms with Crippen LogP contribution in [0.4, 0.5) is 0 Å². The molecule has 2 aromatic carbocycles. The van der Waals surface area contributed by atoms with E-state index in [0.717, 1.165) is 14.7 Å². The van der Waals surface area contributed by atoms with Gasteiger partial charge in [0.2, 0.25) is 0 Å². The fraction of sp³-hybridized carbons (Fsp3) is 0.133. The monoisotopic (exact) mass is 366 g/mol. The molecule has 3 nitrogen and oxygen atoms in total. The average molecular weight is 366 g/mol. The van der Waals surface area contributed by atoms with Gasteiger partial charge in [-0.05, 0) is 40.8 Å². The van der Waals surface area contributed by atoms with Crippen molar-refractivity contribution in [3.63, 3.8) is 0 Å². The number of carbonyl (C=O) groups is 1. The van der Waals surface area contributed by atoms with Gasteiger partial charge in [-0.25, -0.2) is 4.79 Å². The van der Waals surface area contributed by atoms with E-state index in [2.05, 4.69) is 22.6 Å². The maximum Gasteiger partial charge on any atom is 0.341 e. The Bertz CT molecular complexity index is 636. The van der Waals surface area contributed by atoms with E-state index in [-0.39, 0.29) is 5.97 Å². The largest absolute Gasteiger partial charge is 0.420 e. The van der Waals surface area contributed by atoms with Crippen molar-refractivity contribution in [1.29, 1.82) is 0 Å². The number of benzene rings is 2. The lowest BCUT2D eigenvalue weighted by Gasteiger charge is -2.27. The minimum atomic E-state index is -1.13. The van der Waals surface area contributed by atoms with Crippen LogP contribution in [0.2, 0.25) is 0 Å². The van der Waals surface area contributed by atoms with E-state index in [0.29, 0.717) is 5.56 Å². The van der Waals surface area contributed by atoms with Crippen LogP contribution in [0.5, 0.6) is 0 Å². The molecule has 4 heteroatoms. The summed E-state index contributed by atoms with van der Waals surface area (Å²) < 4.78 is 12.2. The lowest BCUT2D eigenvalue weighted by molar-refractivity contribution is -0.154. The van der Waals surface area contributed by atoms with E-state index < -0.39 is 5.79 Å². The van der Waals surface area contributed by atoms with Gasteiger partial charge in [0, 0.05) is 21.8 Å². The molecule has 3 rings (SSSR count). The fourth-order valence-electron chi connectivity index (χ4n) is 2.34. The van der Waals surface area contributed by atoms with Gasteiger partial charge in [0.25, 0.3) is 5.79 Å². The zero-order chi connectivity index (χ0) is 13.5. The molecule has 0 N–H and O–H groups in total. The Morgan fingerprint density at radius 2 is 1.79 bits per heavy atom. The zero-order valence-electron chi connectivity index (χ0n) is 10.2. The molecule has 0 radical (unpaired) electrons. The van der Waals surface area contributed by atoms with Gasteiger partial charge in [0.1, 0.15) is 0 Å². The quantitative estimate of drug-likeness (QED) is 0.605. The third-order valence-corrected chi connectivity index (χ3v) is 3.97. The highest BCUT2D eigenvalue weighted by atomic mass is 127. The molecule has 0 aromatic heterocycles. The van der Waals surface area contributed by atoms with Gasteiger partial charge < -0.3 is 9.47 Å². The minimum absolute atomic E-state index is 0.351. The van der Waals surface area contributed by atoms with Crippen LogP contribution in [-0.2, 0) is 15.3 Å². The Morgan fingerprint density at radius 1 is 1.11 bits per heavy atom. The average Bonchev–Trinajstić information content (AvgIpc) is 2.74. The molecule has 1 heterocycles. The van der Waals surface area contributed by atoms with Crippen LogP contribution in [0, 0.1) is 3.57 Å². The van der Waals surface area contributed by atoms with E-state index >= 15 is 0 Å². The highest BCUT2D eigenvalue weighted by Crippen LogP contribution is 2.42. The first-order chi connectivity index (χ1) is 9.17. The van der Waals surface area contributed by atoms with Crippen molar-refractivity contribution in [1.82, 2.24) is 0 Å². The lowest BCUT2D eigenvalue weighted by Crippen LogP contribution is -2.30. The summed E-state index contributed by atoms with van der Waals surface area (Å²) in [6.45, 7) is 0. The predicted molar refractivity (Wildman–Crippen MR) is 78.8 cm³/mol. The van der Waals surface area contributed by atoms with Gasteiger partial charge in [-0.3, -0.25) is 0 Å². The molecule has 1 atom stereocenters. The number of rotatable bonds is 2. The van der Waals surface area contributed by atoms with E-state index in [4.69, 9.17) is 9.47 Å². The first kappa shape index (κ1) is 12.6. The van der Waals surface area contributed by atoms with Crippen LogP contribution in [0.1, 0.15) is 21.5 Å². The molecule has 1 aliphatic rings. The number of hydrogen-bond donors (Lipinski definition) is 0. The highest BCUT2D eigenvalue weighted by Gasteiger charge is 2.47. The first-order valence-electron chi connectivity index (χ1n) is 5.81. The Morgan fingerprint density at radius 3 is 2.47 bits per heavy atom. The van der Waals surface area contributed by atoms with E-state index in [1.54, 1.807) is 13.2 Å². The molecular formula is C15H11IO3. The Hall–Kier alpha value is -1.40. The summed E-state index contributed by atoms with van der Waals surface area (Å²) in [5.74, 6) is -1.48. The topological polar surface area (TPSA) is 35.5 Å². The molecule has 1 unspecified atom stereocenters. The standard InChI is InChI=1S/C15H11IO3/c1-18-15(10-6-8-11(16)9-7-10)13-5-3-2-4-12(13)14(17)19-15/h2-9H,1H3. The molecule has 2 aromatic rings. The zero-order valence-corrected chi connectivity index (χ0v) is 12.4. The van der Waals surface area contributed by atoms with Gasteiger partial charge in [-0.2, -0.15) is 0 Å². The van der Waals surface area contributed by atoms with Gasteiger partial charge in [0.05, 0.1) is 5.56 Å². The second kappa shape index (κ2) is 4.61. The fourth-order valence-corrected chi connectivity index (χ4v) is 2.70. The van der Waals surface area contributed by atoms with E-state index in [1.807, 2.05) is 42.5 Å². The second-order valence-electron chi connectivity index (χ2n) is 4.26. The maximum absolute atomic E-state index is 12.0. The van der Waals surface area contributed by atoms with Crippen LogP contribution in [-0.4, -0.2) is 13.1 Å². The molecule has 96 valence electrons. The number of halogens is 1. The summed E-state index contributed by atoms with van der Waals surface area (Å²) in [7, 11) is 1.55. The van der Waals surface area contributed by atoms with Crippen LogP contribution in [0.25, 0.3) is 0 Å². The van der Waals surface area contributed by atoms with Gasteiger partial charge in [-0.15, -0.1) is 0 Å². The summed E-state index contributed by atoms with van der Waals surface area (Å²) >= 11 is 2.23. The van der Waals surface area contributed by atoms with Crippen LogP contribution in [0.3, 0.4) is 0 Å². The lowest BCUT2D eigenvalue weighted by atomic mass is 9.95. The SMILES string of the molecule is COC1(c2ccc(I)cc2)OC(=O)c2ccccc21. The molecule has 1 aliphatic heterocycles. The maximum atomic E-state index is 12.0. The van der Waals surface area contributed by atoms with Crippen molar-refractivity contribution < 1.29 is 14.3 Å². The number of esters is 1. The van der Waals surface area contributed by atoms with Gasteiger partial charge >= 0.3 is 5.97 Å².